The minimum atomic E-state index is -0.924. The quantitative estimate of drug-likeness (QED) is 0.278. The van der Waals surface area contributed by atoms with Gasteiger partial charge in [-0.15, -0.1) is 0 Å². The third-order valence-electron chi connectivity index (χ3n) is 6.88. The molecule has 1 unspecified atom stereocenters. The Morgan fingerprint density at radius 1 is 0.706 bits per heavy atom. The van der Waals surface area contributed by atoms with E-state index in [0.717, 1.165) is 27.8 Å². The standard InChI is InChI=1S/C26H16N2O6/c1-34-25-13-21-17(11-23(25)28(32)33)15-7-3-5-9-19(15)26(21)18-8-4-2-6-14(18)16-10-22(27(30)31)24(29)12-20(16)26/h2-13,29H,1H3. The fourth-order valence-electron chi connectivity index (χ4n) is 5.62. The Labute approximate surface area is 193 Å². The lowest BCUT2D eigenvalue weighted by Crippen LogP contribution is -2.26. The van der Waals surface area contributed by atoms with Crippen molar-refractivity contribution in [1.29, 1.82) is 0 Å². The zero-order chi connectivity index (χ0) is 23.8. The number of phenols is 1. The Morgan fingerprint density at radius 2 is 1.21 bits per heavy atom. The predicted octanol–water partition coefficient (Wildman–Crippen LogP) is 5.56. The smallest absolute Gasteiger partial charge is 0.311 e. The maximum Gasteiger partial charge on any atom is 0.311 e. The number of nitro groups is 2. The highest BCUT2D eigenvalue weighted by molar-refractivity contribution is 5.96. The fraction of sp³-hybridized carbons (Fsp3) is 0.0769. The molecule has 8 heteroatoms. The Kier molecular flexibility index (Phi) is 3.89. The summed E-state index contributed by atoms with van der Waals surface area (Å²) >= 11 is 0. The van der Waals surface area contributed by atoms with E-state index in [1.807, 2.05) is 48.5 Å². The average Bonchev–Trinajstić information content (AvgIpc) is 3.28. The van der Waals surface area contributed by atoms with Gasteiger partial charge < -0.3 is 9.84 Å². The van der Waals surface area contributed by atoms with Crippen molar-refractivity contribution in [3.05, 3.63) is 115 Å². The van der Waals surface area contributed by atoms with Crippen LogP contribution >= 0.6 is 0 Å². The van der Waals surface area contributed by atoms with Gasteiger partial charge in [-0.1, -0.05) is 48.5 Å². The van der Waals surface area contributed by atoms with Gasteiger partial charge in [-0.05, 0) is 56.6 Å². The highest BCUT2D eigenvalue weighted by atomic mass is 16.6. The molecular formula is C26H16N2O6. The first-order valence-corrected chi connectivity index (χ1v) is 10.5. The number of rotatable bonds is 3. The Balaban J connectivity index is 1.82. The Morgan fingerprint density at radius 3 is 1.74 bits per heavy atom. The predicted molar refractivity (Wildman–Crippen MR) is 124 cm³/mol. The van der Waals surface area contributed by atoms with Crippen LogP contribution < -0.4 is 4.74 Å². The van der Waals surface area contributed by atoms with Crippen molar-refractivity contribution < 1.29 is 19.7 Å². The van der Waals surface area contributed by atoms with Crippen LogP contribution in [0.5, 0.6) is 11.5 Å². The molecule has 0 aromatic heterocycles. The van der Waals surface area contributed by atoms with Crippen LogP contribution in [0.25, 0.3) is 22.3 Å². The number of methoxy groups -OCH3 is 1. The second-order valence-corrected chi connectivity index (χ2v) is 8.31. The van der Waals surface area contributed by atoms with Gasteiger partial charge in [0.1, 0.15) is 0 Å². The van der Waals surface area contributed by atoms with Gasteiger partial charge in [0, 0.05) is 12.1 Å². The minimum Gasteiger partial charge on any atom is -0.502 e. The van der Waals surface area contributed by atoms with E-state index in [1.165, 1.54) is 25.3 Å². The zero-order valence-electron chi connectivity index (χ0n) is 17.8. The van der Waals surface area contributed by atoms with Gasteiger partial charge >= 0.3 is 11.4 Å². The van der Waals surface area contributed by atoms with Crippen molar-refractivity contribution >= 4 is 11.4 Å². The first-order chi connectivity index (χ1) is 16.4. The van der Waals surface area contributed by atoms with E-state index < -0.39 is 21.0 Å². The molecule has 0 radical (unpaired) electrons. The van der Waals surface area contributed by atoms with Crippen molar-refractivity contribution in [2.75, 3.05) is 7.11 Å². The van der Waals surface area contributed by atoms with Crippen LogP contribution in [0.15, 0.2) is 72.8 Å². The second kappa shape index (κ2) is 6.64. The van der Waals surface area contributed by atoms with Crippen LogP contribution in [-0.2, 0) is 5.41 Å². The number of aromatic hydroxyl groups is 1. The molecule has 0 aliphatic heterocycles. The lowest BCUT2D eigenvalue weighted by molar-refractivity contribution is -0.385. The monoisotopic (exact) mass is 452 g/mol. The number of hydrogen-bond acceptors (Lipinski definition) is 6. The van der Waals surface area contributed by atoms with Gasteiger partial charge in [-0.3, -0.25) is 20.2 Å². The molecule has 2 aliphatic rings. The fourth-order valence-corrected chi connectivity index (χ4v) is 5.62. The summed E-state index contributed by atoms with van der Waals surface area (Å²) in [6, 6.07) is 21.3. The van der Waals surface area contributed by atoms with E-state index in [2.05, 4.69) is 0 Å². The Hall–Kier alpha value is -4.72. The maximum atomic E-state index is 11.8. The van der Waals surface area contributed by atoms with Gasteiger partial charge in [0.25, 0.3) is 0 Å². The summed E-state index contributed by atoms with van der Waals surface area (Å²) in [6.07, 6.45) is 0. The van der Waals surface area contributed by atoms with Crippen molar-refractivity contribution in [2.45, 2.75) is 5.41 Å². The summed E-state index contributed by atoms with van der Waals surface area (Å²) in [5.41, 5.74) is 4.71. The summed E-state index contributed by atoms with van der Waals surface area (Å²) < 4.78 is 5.40. The van der Waals surface area contributed by atoms with E-state index in [1.54, 1.807) is 6.07 Å². The molecular weight excluding hydrogens is 436 g/mol. The summed E-state index contributed by atoms with van der Waals surface area (Å²) in [6.45, 7) is 0. The van der Waals surface area contributed by atoms with Crippen molar-refractivity contribution in [3.63, 3.8) is 0 Å². The highest BCUT2D eigenvalue weighted by Gasteiger charge is 2.53. The molecule has 4 aromatic rings. The topological polar surface area (TPSA) is 116 Å². The van der Waals surface area contributed by atoms with E-state index in [9.17, 15) is 25.3 Å². The molecule has 0 fully saturated rings. The van der Waals surface area contributed by atoms with E-state index >= 15 is 0 Å². The molecule has 0 saturated heterocycles. The SMILES string of the molecule is COc1cc2c(cc1[N+](=O)[O-])-c1ccccc1C21c2ccccc2-c2cc([N+](=O)[O-])c(O)cc21. The van der Waals surface area contributed by atoms with Gasteiger partial charge in [0.15, 0.2) is 11.5 Å². The van der Waals surface area contributed by atoms with Crippen LogP contribution in [0.2, 0.25) is 0 Å². The van der Waals surface area contributed by atoms with E-state index in [-0.39, 0.29) is 17.1 Å². The molecule has 8 nitrogen and oxygen atoms in total. The van der Waals surface area contributed by atoms with Crippen molar-refractivity contribution in [3.8, 4) is 33.8 Å². The summed E-state index contributed by atoms with van der Waals surface area (Å²) in [5, 5.41) is 34.0. The number of nitro benzene ring substituents is 2. The number of ether oxygens (including phenoxy) is 1. The van der Waals surface area contributed by atoms with Crippen LogP contribution in [-0.4, -0.2) is 22.1 Å². The number of phenolic OH excluding ortho intramolecular Hbond substituents is 1. The molecule has 0 amide bonds. The van der Waals surface area contributed by atoms with Crippen molar-refractivity contribution in [2.24, 2.45) is 0 Å². The first kappa shape index (κ1) is 19.9. The summed E-state index contributed by atoms with van der Waals surface area (Å²) in [5.74, 6) is -0.316. The van der Waals surface area contributed by atoms with Crippen LogP contribution in [0.1, 0.15) is 22.3 Å². The molecule has 34 heavy (non-hydrogen) atoms. The third kappa shape index (κ3) is 2.26. The third-order valence-corrected chi connectivity index (χ3v) is 6.88. The number of nitrogens with zero attached hydrogens (tertiary/aromatic N) is 2. The second-order valence-electron chi connectivity index (χ2n) is 8.31. The first-order valence-electron chi connectivity index (χ1n) is 10.5. The lowest BCUT2D eigenvalue weighted by Gasteiger charge is -2.30. The number of benzene rings is 4. The van der Waals surface area contributed by atoms with Gasteiger partial charge in [0.05, 0.1) is 22.4 Å². The molecule has 6 rings (SSSR count). The van der Waals surface area contributed by atoms with Gasteiger partial charge in [0.2, 0.25) is 0 Å². The van der Waals surface area contributed by atoms with Gasteiger partial charge in [-0.25, -0.2) is 0 Å². The zero-order valence-corrected chi connectivity index (χ0v) is 17.8. The molecule has 1 atom stereocenters. The van der Waals surface area contributed by atoms with Crippen LogP contribution in [0.4, 0.5) is 11.4 Å². The summed E-state index contributed by atoms with van der Waals surface area (Å²) in [7, 11) is 1.38. The Bertz CT molecular complexity index is 1570. The van der Waals surface area contributed by atoms with Crippen molar-refractivity contribution in [1.82, 2.24) is 0 Å². The van der Waals surface area contributed by atoms with Crippen LogP contribution in [0, 0.1) is 20.2 Å². The number of hydrogen-bond donors (Lipinski definition) is 1. The maximum absolute atomic E-state index is 11.8. The lowest BCUT2D eigenvalue weighted by atomic mass is 9.70. The molecule has 2 aliphatic carbocycles. The molecule has 166 valence electrons. The van der Waals surface area contributed by atoms with Crippen LogP contribution in [0.3, 0.4) is 0 Å². The number of fused-ring (bicyclic) bond motifs is 10. The normalized spacial score (nSPS) is 16.5. The van der Waals surface area contributed by atoms with E-state index in [4.69, 9.17) is 4.74 Å². The molecule has 1 N–H and O–H groups in total. The average molecular weight is 452 g/mol. The molecule has 0 bridgehead atoms. The molecule has 0 heterocycles. The highest BCUT2D eigenvalue weighted by Crippen LogP contribution is 2.64. The molecule has 4 aromatic carbocycles. The minimum absolute atomic E-state index is 0.119. The summed E-state index contributed by atoms with van der Waals surface area (Å²) in [4.78, 5) is 22.3. The molecule has 0 saturated carbocycles. The largest absolute Gasteiger partial charge is 0.502 e. The molecule has 1 spiro atoms. The van der Waals surface area contributed by atoms with Gasteiger partial charge in [-0.2, -0.15) is 0 Å². The van der Waals surface area contributed by atoms with E-state index in [0.29, 0.717) is 16.7 Å².